The fourth-order valence-electron chi connectivity index (χ4n) is 3.29. The third-order valence-electron chi connectivity index (χ3n) is 4.91. The molecule has 0 atom stereocenters. The molecule has 154 valence electrons. The average molecular weight is 399 g/mol. The number of aromatic nitrogens is 2. The highest BCUT2D eigenvalue weighted by Gasteiger charge is 2.25. The molecule has 1 aromatic heterocycles. The van der Waals surface area contributed by atoms with Gasteiger partial charge in [0.1, 0.15) is 18.0 Å². The zero-order valence-electron chi connectivity index (χ0n) is 16.1. The lowest BCUT2D eigenvalue weighted by Crippen LogP contribution is -2.56. The Morgan fingerprint density at radius 3 is 1.97 bits per heavy atom. The van der Waals surface area contributed by atoms with E-state index in [0.717, 1.165) is 43.9 Å². The lowest BCUT2D eigenvalue weighted by atomic mass is 10.1. The molecule has 4 N–H and O–H groups in total. The zero-order valence-corrected chi connectivity index (χ0v) is 16.1. The Morgan fingerprint density at radius 2 is 1.45 bits per heavy atom. The molecule has 0 radical (unpaired) electrons. The molecule has 2 fully saturated rings. The summed E-state index contributed by atoms with van der Waals surface area (Å²) in [5.74, 6) is -0.173. The molecular weight excluding hydrogens is 374 g/mol. The predicted octanol–water partition coefficient (Wildman–Crippen LogP) is 1.70. The molecule has 9 nitrogen and oxygen atoms in total. The number of hydrogen-bond acceptors (Lipinski definition) is 7. The van der Waals surface area contributed by atoms with E-state index >= 15 is 0 Å². The van der Waals surface area contributed by atoms with Gasteiger partial charge in [-0.1, -0.05) is 6.07 Å². The highest BCUT2D eigenvalue weighted by Crippen LogP contribution is 2.23. The number of benzene rings is 1. The second kappa shape index (κ2) is 9.33. The summed E-state index contributed by atoms with van der Waals surface area (Å²) in [7, 11) is 0. The first-order valence-corrected chi connectivity index (χ1v) is 9.58. The van der Waals surface area contributed by atoms with Crippen LogP contribution in [0.25, 0.3) is 0 Å². The van der Waals surface area contributed by atoms with E-state index in [4.69, 9.17) is 15.9 Å². The molecule has 2 aliphatic rings. The first-order valence-electron chi connectivity index (χ1n) is 9.58. The first kappa shape index (κ1) is 20.5. The number of carbonyl (C=O) groups is 2. The molecule has 0 aliphatic carbocycles. The van der Waals surface area contributed by atoms with E-state index in [2.05, 4.69) is 25.8 Å². The monoisotopic (exact) mass is 399 g/mol. The number of nitrogens with zero attached hydrogens (tertiary/aromatic N) is 4. The van der Waals surface area contributed by atoms with E-state index in [1.165, 1.54) is 37.5 Å². The Balaban J connectivity index is 0.000000177. The minimum Gasteiger partial charge on any atom is -0.478 e. The van der Waals surface area contributed by atoms with Crippen LogP contribution < -0.4 is 15.5 Å². The molecule has 4 rings (SSSR count). The molecule has 2 saturated heterocycles. The summed E-state index contributed by atoms with van der Waals surface area (Å²) in [5.41, 5.74) is 5.75. The number of anilines is 2. The van der Waals surface area contributed by atoms with Gasteiger partial charge in [-0.2, -0.15) is 0 Å². The van der Waals surface area contributed by atoms with Gasteiger partial charge in [0, 0.05) is 38.3 Å². The largest absolute Gasteiger partial charge is 0.478 e. The van der Waals surface area contributed by atoms with Crippen molar-refractivity contribution >= 4 is 23.6 Å². The minimum absolute atomic E-state index is 0.0186. The van der Waals surface area contributed by atoms with Crippen molar-refractivity contribution in [2.75, 3.05) is 36.0 Å². The second-order valence-corrected chi connectivity index (χ2v) is 7.14. The van der Waals surface area contributed by atoms with Crippen LogP contribution in [0.2, 0.25) is 0 Å². The SMILES string of the molecule is NC1CN(c2cc(N3CCCCC3)ncn2)C1.O=C(O)c1cccc(C(=O)O)c1. The Hall–Kier alpha value is -3.20. The molecule has 9 heteroatoms. The zero-order chi connectivity index (χ0) is 20.8. The molecule has 2 aliphatic heterocycles. The van der Waals surface area contributed by atoms with Gasteiger partial charge in [-0.3, -0.25) is 0 Å². The summed E-state index contributed by atoms with van der Waals surface area (Å²) in [4.78, 5) is 34.0. The maximum absolute atomic E-state index is 10.4. The van der Waals surface area contributed by atoms with Crippen LogP contribution in [0, 0.1) is 0 Å². The predicted molar refractivity (Wildman–Crippen MR) is 109 cm³/mol. The normalized spacial score (nSPS) is 16.4. The number of hydrogen-bond donors (Lipinski definition) is 3. The van der Waals surface area contributed by atoms with E-state index in [9.17, 15) is 9.59 Å². The summed E-state index contributed by atoms with van der Waals surface area (Å²) >= 11 is 0. The van der Waals surface area contributed by atoms with Gasteiger partial charge in [0.25, 0.3) is 0 Å². The fraction of sp³-hybridized carbons (Fsp3) is 0.400. The third kappa shape index (κ3) is 5.41. The minimum atomic E-state index is -1.13. The van der Waals surface area contributed by atoms with Crippen LogP contribution in [-0.4, -0.2) is 64.3 Å². The van der Waals surface area contributed by atoms with Crippen LogP contribution in [0.1, 0.15) is 40.0 Å². The fourth-order valence-corrected chi connectivity index (χ4v) is 3.29. The van der Waals surface area contributed by atoms with Crippen LogP contribution >= 0.6 is 0 Å². The Morgan fingerprint density at radius 1 is 0.897 bits per heavy atom. The van der Waals surface area contributed by atoms with Crippen LogP contribution in [-0.2, 0) is 0 Å². The molecule has 0 bridgehead atoms. The summed E-state index contributed by atoms with van der Waals surface area (Å²) < 4.78 is 0. The maximum Gasteiger partial charge on any atom is 0.335 e. The van der Waals surface area contributed by atoms with E-state index in [0.29, 0.717) is 6.04 Å². The summed E-state index contributed by atoms with van der Waals surface area (Å²) in [6.07, 6.45) is 5.56. The van der Waals surface area contributed by atoms with Gasteiger partial charge in [-0.25, -0.2) is 19.6 Å². The Kier molecular flexibility index (Phi) is 6.61. The molecule has 29 heavy (non-hydrogen) atoms. The first-order chi connectivity index (χ1) is 13.9. The molecule has 1 aromatic carbocycles. The van der Waals surface area contributed by atoms with Gasteiger partial charge in [-0.15, -0.1) is 0 Å². The van der Waals surface area contributed by atoms with Gasteiger partial charge >= 0.3 is 11.9 Å². The topological polar surface area (TPSA) is 133 Å². The number of carboxylic acid groups (broad SMARTS) is 2. The second-order valence-electron chi connectivity index (χ2n) is 7.14. The molecule has 0 saturated carbocycles. The van der Waals surface area contributed by atoms with E-state index in [1.54, 1.807) is 6.33 Å². The van der Waals surface area contributed by atoms with Crippen molar-refractivity contribution in [3.8, 4) is 0 Å². The number of piperidine rings is 1. The van der Waals surface area contributed by atoms with Crippen molar-refractivity contribution in [1.82, 2.24) is 9.97 Å². The standard InChI is InChI=1S/C12H19N5.C8H6O4/c13-10-7-17(8-10)12-6-11(14-9-15-12)16-4-2-1-3-5-16;9-7(10)5-2-1-3-6(4-5)8(11)12/h6,9-10H,1-5,7-8,13H2;1-4H,(H,9,10)(H,11,12). The number of carboxylic acids is 2. The van der Waals surface area contributed by atoms with Gasteiger partial charge in [0.05, 0.1) is 11.1 Å². The van der Waals surface area contributed by atoms with E-state index in [1.807, 2.05) is 0 Å². The van der Waals surface area contributed by atoms with Crippen molar-refractivity contribution in [3.05, 3.63) is 47.8 Å². The van der Waals surface area contributed by atoms with Gasteiger partial charge in [-0.05, 0) is 37.5 Å². The lowest BCUT2D eigenvalue weighted by Gasteiger charge is -2.38. The van der Waals surface area contributed by atoms with Gasteiger partial charge < -0.3 is 25.7 Å². The van der Waals surface area contributed by atoms with E-state index < -0.39 is 11.9 Å². The molecule has 3 heterocycles. The highest BCUT2D eigenvalue weighted by molar-refractivity contribution is 5.93. The molecule has 0 amide bonds. The lowest BCUT2D eigenvalue weighted by molar-refractivity contribution is 0.0696. The van der Waals surface area contributed by atoms with Crippen LogP contribution in [0.5, 0.6) is 0 Å². The Bertz CT molecular complexity index is 834. The van der Waals surface area contributed by atoms with Crippen LogP contribution in [0.15, 0.2) is 36.7 Å². The molecule has 2 aromatic rings. The van der Waals surface area contributed by atoms with Gasteiger partial charge in [0.15, 0.2) is 0 Å². The van der Waals surface area contributed by atoms with Crippen molar-refractivity contribution in [1.29, 1.82) is 0 Å². The average Bonchev–Trinajstić information content (AvgIpc) is 2.73. The number of nitrogens with two attached hydrogens (primary N) is 1. The summed E-state index contributed by atoms with van der Waals surface area (Å²) in [6, 6.07) is 7.60. The molecule has 0 unspecified atom stereocenters. The number of rotatable bonds is 4. The number of aromatic carboxylic acids is 2. The smallest absolute Gasteiger partial charge is 0.335 e. The molecule has 0 spiro atoms. The van der Waals surface area contributed by atoms with Crippen LogP contribution in [0.4, 0.5) is 11.6 Å². The Labute approximate surface area is 168 Å². The van der Waals surface area contributed by atoms with E-state index in [-0.39, 0.29) is 11.1 Å². The highest BCUT2D eigenvalue weighted by atomic mass is 16.4. The van der Waals surface area contributed by atoms with Gasteiger partial charge in [0.2, 0.25) is 0 Å². The maximum atomic E-state index is 10.4. The van der Waals surface area contributed by atoms with Crippen molar-refractivity contribution < 1.29 is 19.8 Å². The van der Waals surface area contributed by atoms with Crippen LogP contribution in [0.3, 0.4) is 0 Å². The quantitative estimate of drug-likeness (QED) is 0.702. The van der Waals surface area contributed by atoms with Crippen molar-refractivity contribution in [2.45, 2.75) is 25.3 Å². The van der Waals surface area contributed by atoms with Crippen molar-refractivity contribution in [3.63, 3.8) is 0 Å². The third-order valence-corrected chi connectivity index (χ3v) is 4.91. The summed E-state index contributed by atoms with van der Waals surface area (Å²) in [5, 5.41) is 17.0. The van der Waals surface area contributed by atoms with Crippen molar-refractivity contribution in [2.24, 2.45) is 5.73 Å². The summed E-state index contributed by atoms with van der Waals surface area (Å²) in [6.45, 7) is 4.07. The molecular formula is C20H25N5O4.